The highest BCUT2D eigenvalue weighted by Gasteiger charge is 2.21. The highest BCUT2D eigenvalue weighted by Crippen LogP contribution is 2.05. The molecule has 6 nitrogen and oxygen atoms in total. The van der Waals surface area contributed by atoms with E-state index in [1.54, 1.807) is 0 Å². The predicted molar refractivity (Wildman–Crippen MR) is 62.8 cm³/mol. The fourth-order valence-electron chi connectivity index (χ4n) is 1.22. The van der Waals surface area contributed by atoms with Crippen molar-refractivity contribution in [3.05, 3.63) is 0 Å². The molecule has 0 aliphatic rings. The van der Waals surface area contributed by atoms with Crippen LogP contribution >= 0.6 is 11.6 Å². The van der Waals surface area contributed by atoms with Crippen molar-refractivity contribution in [2.24, 2.45) is 5.92 Å². The Labute approximate surface area is 105 Å². The van der Waals surface area contributed by atoms with Crippen LogP contribution in [-0.4, -0.2) is 41.4 Å². The van der Waals surface area contributed by atoms with Crippen LogP contribution in [-0.2, 0) is 14.4 Å². The summed E-state index contributed by atoms with van der Waals surface area (Å²) in [7, 11) is 0. The molecular weight excluding hydrogens is 248 g/mol. The Morgan fingerprint density at radius 3 is 2.29 bits per heavy atom. The van der Waals surface area contributed by atoms with Gasteiger partial charge in [-0.2, -0.15) is 0 Å². The Kier molecular flexibility index (Phi) is 7.29. The van der Waals surface area contributed by atoms with E-state index in [0.29, 0.717) is 6.42 Å². The van der Waals surface area contributed by atoms with Crippen LogP contribution in [0.5, 0.6) is 0 Å². The maximum absolute atomic E-state index is 11.6. The number of carboxylic acid groups (broad SMARTS) is 1. The minimum absolute atomic E-state index is 0.186. The van der Waals surface area contributed by atoms with Crippen molar-refractivity contribution >= 4 is 29.4 Å². The van der Waals surface area contributed by atoms with Gasteiger partial charge >= 0.3 is 5.97 Å². The molecule has 7 heteroatoms. The molecule has 17 heavy (non-hydrogen) atoms. The fraction of sp³-hybridized carbons (Fsp3) is 0.700. The van der Waals surface area contributed by atoms with E-state index in [1.165, 1.54) is 0 Å². The third-order valence-corrected chi connectivity index (χ3v) is 2.14. The van der Waals surface area contributed by atoms with Crippen LogP contribution in [0.1, 0.15) is 20.3 Å². The number of carbonyl (C=O) groups excluding carboxylic acids is 2. The van der Waals surface area contributed by atoms with Gasteiger partial charge in [0.25, 0.3) is 0 Å². The normalized spacial score (nSPS) is 12.0. The molecule has 0 saturated carbocycles. The zero-order valence-corrected chi connectivity index (χ0v) is 10.6. The number of carbonyl (C=O) groups is 3. The van der Waals surface area contributed by atoms with Gasteiger partial charge in [-0.25, -0.2) is 0 Å². The predicted octanol–water partition coefficient (Wildman–Crippen LogP) is -0.0431. The minimum Gasteiger partial charge on any atom is -0.480 e. The Balaban J connectivity index is 4.39. The highest BCUT2D eigenvalue weighted by atomic mass is 35.5. The van der Waals surface area contributed by atoms with Gasteiger partial charge in [0.2, 0.25) is 11.8 Å². The number of halogens is 1. The number of rotatable bonds is 7. The molecule has 0 rings (SSSR count). The van der Waals surface area contributed by atoms with Crippen molar-refractivity contribution in [2.75, 3.05) is 12.4 Å². The summed E-state index contributed by atoms with van der Waals surface area (Å²) in [6, 6.07) is -0.749. The minimum atomic E-state index is -1.13. The number of aliphatic carboxylic acids is 1. The molecule has 1 atom stereocenters. The molecule has 0 fully saturated rings. The fourth-order valence-corrected chi connectivity index (χ4v) is 1.30. The van der Waals surface area contributed by atoms with Crippen molar-refractivity contribution < 1.29 is 19.5 Å². The molecular formula is C10H17ClN2O4. The average Bonchev–Trinajstić information content (AvgIpc) is 2.23. The molecule has 98 valence electrons. The first-order chi connectivity index (χ1) is 7.86. The van der Waals surface area contributed by atoms with E-state index in [0.717, 1.165) is 0 Å². The summed E-state index contributed by atoms with van der Waals surface area (Å²) in [4.78, 5) is 33.0. The molecule has 0 aromatic heterocycles. The second kappa shape index (κ2) is 7.89. The lowest BCUT2D eigenvalue weighted by Crippen LogP contribution is -2.48. The molecule has 0 saturated heterocycles. The molecule has 0 aliphatic heterocycles. The zero-order valence-electron chi connectivity index (χ0n) is 9.83. The summed E-state index contributed by atoms with van der Waals surface area (Å²) in [5.74, 6) is -2.15. The molecule has 0 heterocycles. The van der Waals surface area contributed by atoms with Crippen LogP contribution in [0.25, 0.3) is 0 Å². The van der Waals surface area contributed by atoms with E-state index in [9.17, 15) is 14.4 Å². The van der Waals surface area contributed by atoms with Crippen LogP contribution in [0.3, 0.4) is 0 Å². The highest BCUT2D eigenvalue weighted by molar-refractivity contribution is 6.27. The van der Waals surface area contributed by atoms with Gasteiger partial charge in [0.15, 0.2) is 0 Å². The van der Waals surface area contributed by atoms with Gasteiger partial charge in [-0.3, -0.25) is 14.4 Å². The third kappa shape index (κ3) is 7.57. The summed E-state index contributed by atoms with van der Waals surface area (Å²) >= 11 is 5.33. The molecule has 0 bridgehead atoms. The van der Waals surface area contributed by atoms with Crippen LogP contribution in [0.15, 0.2) is 0 Å². The molecule has 0 aliphatic carbocycles. The average molecular weight is 265 g/mol. The van der Waals surface area contributed by atoms with Gasteiger partial charge in [0, 0.05) is 0 Å². The topological polar surface area (TPSA) is 95.5 Å². The number of amides is 2. The Bertz CT molecular complexity index is 294. The maximum Gasteiger partial charge on any atom is 0.322 e. The van der Waals surface area contributed by atoms with E-state index in [2.05, 4.69) is 10.6 Å². The standard InChI is InChI=1S/C10H17ClN2O4/c1-6(2)3-7(13-8(14)4-11)10(17)12-5-9(15)16/h6-7H,3-5H2,1-2H3,(H,12,17)(H,13,14)(H,15,16)/t7-/m0/s1. The summed E-state index contributed by atoms with van der Waals surface area (Å²) in [6.07, 6.45) is 0.425. The van der Waals surface area contributed by atoms with Gasteiger partial charge in [-0.1, -0.05) is 13.8 Å². The lowest BCUT2D eigenvalue weighted by molar-refractivity contribution is -0.138. The monoisotopic (exact) mass is 264 g/mol. The van der Waals surface area contributed by atoms with E-state index in [-0.39, 0.29) is 11.8 Å². The summed E-state index contributed by atoms with van der Waals surface area (Å²) < 4.78 is 0. The Morgan fingerprint density at radius 2 is 1.88 bits per heavy atom. The first-order valence-corrected chi connectivity index (χ1v) is 5.75. The maximum atomic E-state index is 11.6. The van der Waals surface area contributed by atoms with E-state index in [1.807, 2.05) is 13.8 Å². The lowest BCUT2D eigenvalue weighted by atomic mass is 10.0. The van der Waals surface area contributed by atoms with Gasteiger partial charge in [-0.15, -0.1) is 11.6 Å². The van der Waals surface area contributed by atoms with Crippen LogP contribution in [0.2, 0.25) is 0 Å². The molecule has 0 radical (unpaired) electrons. The number of hydrogen-bond donors (Lipinski definition) is 3. The number of carboxylic acids is 1. The molecule has 0 spiro atoms. The summed E-state index contributed by atoms with van der Waals surface area (Å²) in [5, 5.41) is 13.1. The van der Waals surface area contributed by atoms with Gasteiger partial charge < -0.3 is 15.7 Å². The van der Waals surface area contributed by atoms with Crippen LogP contribution in [0.4, 0.5) is 0 Å². The molecule has 3 N–H and O–H groups in total. The Hall–Kier alpha value is -1.30. The first kappa shape index (κ1) is 15.7. The molecule has 0 aromatic rings. The van der Waals surface area contributed by atoms with Crippen molar-refractivity contribution in [3.8, 4) is 0 Å². The second-order valence-corrected chi connectivity index (χ2v) is 4.26. The quantitative estimate of drug-likeness (QED) is 0.562. The molecule has 2 amide bonds. The SMILES string of the molecule is CC(C)C[C@H](NC(=O)CCl)C(=O)NCC(=O)O. The number of nitrogens with one attached hydrogen (secondary N) is 2. The van der Waals surface area contributed by atoms with Crippen molar-refractivity contribution in [1.29, 1.82) is 0 Å². The lowest BCUT2D eigenvalue weighted by Gasteiger charge is -2.19. The van der Waals surface area contributed by atoms with E-state index < -0.39 is 30.4 Å². The zero-order chi connectivity index (χ0) is 13.4. The van der Waals surface area contributed by atoms with Gasteiger partial charge in [-0.05, 0) is 12.3 Å². The van der Waals surface area contributed by atoms with Crippen LogP contribution in [0, 0.1) is 5.92 Å². The summed E-state index contributed by atoms with van der Waals surface area (Å²) in [6.45, 7) is 3.32. The summed E-state index contributed by atoms with van der Waals surface area (Å²) in [5.41, 5.74) is 0. The van der Waals surface area contributed by atoms with Crippen molar-refractivity contribution in [2.45, 2.75) is 26.3 Å². The molecule has 0 unspecified atom stereocenters. The number of hydrogen-bond acceptors (Lipinski definition) is 3. The van der Waals surface area contributed by atoms with Gasteiger partial charge in [0.1, 0.15) is 18.5 Å². The van der Waals surface area contributed by atoms with Gasteiger partial charge in [0.05, 0.1) is 0 Å². The Morgan fingerprint density at radius 1 is 1.29 bits per heavy atom. The number of alkyl halides is 1. The van der Waals surface area contributed by atoms with Crippen molar-refractivity contribution in [3.63, 3.8) is 0 Å². The smallest absolute Gasteiger partial charge is 0.322 e. The van der Waals surface area contributed by atoms with Crippen molar-refractivity contribution in [1.82, 2.24) is 10.6 Å². The third-order valence-electron chi connectivity index (χ3n) is 1.89. The molecule has 0 aromatic carbocycles. The van der Waals surface area contributed by atoms with Crippen LogP contribution < -0.4 is 10.6 Å². The first-order valence-electron chi connectivity index (χ1n) is 5.21. The second-order valence-electron chi connectivity index (χ2n) is 3.99. The van der Waals surface area contributed by atoms with E-state index >= 15 is 0 Å². The van der Waals surface area contributed by atoms with E-state index in [4.69, 9.17) is 16.7 Å². The largest absolute Gasteiger partial charge is 0.480 e.